The summed E-state index contributed by atoms with van der Waals surface area (Å²) < 4.78 is 1.26. The summed E-state index contributed by atoms with van der Waals surface area (Å²) in [6, 6.07) is 0. The van der Waals surface area contributed by atoms with E-state index in [-0.39, 0.29) is 5.56 Å². The zero-order chi connectivity index (χ0) is 8.55. The molecule has 0 aromatic carbocycles. The summed E-state index contributed by atoms with van der Waals surface area (Å²) in [7, 11) is 1.61. The Bertz CT molecular complexity index is 476. The molecular weight excluding hydrogens is 153 g/mol. The Hall–Kier alpha value is -1.39. The first-order chi connectivity index (χ1) is 5.79. The van der Waals surface area contributed by atoms with Crippen LogP contribution in [0.4, 0.5) is 0 Å². The molecule has 0 N–H and O–H groups in total. The smallest absolute Gasteiger partial charge is 0.264 e. The van der Waals surface area contributed by atoms with Crippen molar-refractivity contribution in [1.29, 1.82) is 0 Å². The van der Waals surface area contributed by atoms with Crippen LogP contribution in [0.15, 0.2) is 4.79 Å². The summed E-state index contributed by atoms with van der Waals surface area (Å²) in [6.45, 7) is 0. The molecule has 1 aliphatic carbocycles. The Morgan fingerprint density at radius 1 is 1.42 bits per heavy atom. The molecule has 0 amide bonds. The maximum Gasteiger partial charge on any atom is 0.264 e. The van der Waals surface area contributed by atoms with Crippen LogP contribution in [0.1, 0.15) is 12.8 Å². The lowest BCUT2D eigenvalue weighted by atomic mass is 10.1. The molecule has 5 heteroatoms. The molecule has 1 heterocycles. The molecular formula is C7H8BN3O. The van der Waals surface area contributed by atoms with Gasteiger partial charge in [-0.3, -0.25) is 9.39 Å². The molecule has 0 unspecified atom stereocenters. The second-order valence-electron chi connectivity index (χ2n) is 2.80. The SMILES string of the molecule is Bn1nnc2c(c1=O)=CCCC=2. The number of fused-ring (bicyclic) bond motifs is 1. The molecule has 1 aliphatic rings. The lowest BCUT2D eigenvalue weighted by molar-refractivity contribution is 0.749. The van der Waals surface area contributed by atoms with Crippen molar-refractivity contribution in [2.75, 3.05) is 0 Å². The van der Waals surface area contributed by atoms with Crippen molar-refractivity contribution >= 4 is 20.1 Å². The number of rotatable bonds is 0. The van der Waals surface area contributed by atoms with Gasteiger partial charge in [0.2, 0.25) is 0 Å². The quantitative estimate of drug-likeness (QED) is 0.391. The van der Waals surface area contributed by atoms with Crippen molar-refractivity contribution in [2.24, 2.45) is 0 Å². The van der Waals surface area contributed by atoms with Crippen molar-refractivity contribution in [3.63, 3.8) is 0 Å². The third-order valence-electron chi connectivity index (χ3n) is 1.94. The van der Waals surface area contributed by atoms with Gasteiger partial charge in [-0.1, -0.05) is 17.4 Å². The van der Waals surface area contributed by atoms with E-state index in [1.54, 1.807) is 7.98 Å². The van der Waals surface area contributed by atoms with Gasteiger partial charge in [0, 0.05) is 0 Å². The van der Waals surface area contributed by atoms with Crippen molar-refractivity contribution in [3.05, 3.63) is 20.9 Å². The zero-order valence-electron chi connectivity index (χ0n) is 6.82. The van der Waals surface area contributed by atoms with E-state index in [0.717, 1.165) is 18.2 Å². The van der Waals surface area contributed by atoms with E-state index in [0.29, 0.717) is 5.22 Å². The average Bonchev–Trinajstić information content (AvgIpc) is 2.12. The fourth-order valence-corrected chi connectivity index (χ4v) is 1.28. The average molecular weight is 161 g/mol. The van der Waals surface area contributed by atoms with Crippen molar-refractivity contribution in [2.45, 2.75) is 12.8 Å². The highest BCUT2D eigenvalue weighted by atomic mass is 16.1. The first kappa shape index (κ1) is 7.27. The summed E-state index contributed by atoms with van der Waals surface area (Å²) in [5, 5.41) is 9.02. The first-order valence-corrected chi connectivity index (χ1v) is 3.89. The van der Waals surface area contributed by atoms with E-state index in [1.807, 2.05) is 12.2 Å². The van der Waals surface area contributed by atoms with E-state index in [9.17, 15) is 4.79 Å². The Morgan fingerprint density at radius 3 is 3.00 bits per heavy atom. The van der Waals surface area contributed by atoms with Crippen LogP contribution in [0.3, 0.4) is 0 Å². The Labute approximate surface area is 69.6 Å². The second-order valence-corrected chi connectivity index (χ2v) is 2.80. The van der Waals surface area contributed by atoms with E-state index in [2.05, 4.69) is 10.3 Å². The molecule has 60 valence electrons. The first-order valence-electron chi connectivity index (χ1n) is 3.89. The molecule has 0 spiro atoms. The molecule has 0 fully saturated rings. The summed E-state index contributed by atoms with van der Waals surface area (Å²) in [6.07, 6.45) is 5.75. The van der Waals surface area contributed by atoms with Gasteiger partial charge in [0.25, 0.3) is 13.5 Å². The highest BCUT2D eigenvalue weighted by Crippen LogP contribution is 1.91. The van der Waals surface area contributed by atoms with Gasteiger partial charge in [0.05, 0.1) is 10.6 Å². The number of hydrogen-bond acceptors (Lipinski definition) is 3. The number of aromatic nitrogens is 3. The maximum absolute atomic E-state index is 11.4. The van der Waals surface area contributed by atoms with Gasteiger partial charge in [-0.2, -0.15) is 0 Å². The van der Waals surface area contributed by atoms with Crippen LogP contribution in [0.2, 0.25) is 0 Å². The van der Waals surface area contributed by atoms with Crippen LogP contribution in [-0.2, 0) is 0 Å². The Balaban J connectivity index is 2.99. The molecule has 0 bridgehead atoms. The molecule has 0 atom stereocenters. The van der Waals surface area contributed by atoms with Crippen LogP contribution in [0.5, 0.6) is 0 Å². The maximum atomic E-state index is 11.4. The summed E-state index contributed by atoms with van der Waals surface area (Å²) in [5.41, 5.74) is -0.0593. The lowest BCUT2D eigenvalue weighted by Gasteiger charge is -1.98. The van der Waals surface area contributed by atoms with Crippen molar-refractivity contribution in [1.82, 2.24) is 14.9 Å². The van der Waals surface area contributed by atoms with E-state index in [1.165, 1.54) is 4.59 Å². The van der Waals surface area contributed by atoms with Gasteiger partial charge >= 0.3 is 0 Å². The predicted molar refractivity (Wildman–Crippen MR) is 47.6 cm³/mol. The molecule has 4 nitrogen and oxygen atoms in total. The van der Waals surface area contributed by atoms with Gasteiger partial charge in [-0.25, -0.2) is 0 Å². The molecule has 0 saturated carbocycles. The van der Waals surface area contributed by atoms with Gasteiger partial charge in [0.1, 0.15) is 0 Å². The summed E-state index contributed by atoms with van der Waals surface area (Å²) >= 11 is 0. The van der Waals surface area contributed by atoms with Gasteiger partial charge < -0.3 is 0 Å². The highest BCUT2D eigenvalue weighted by Gasteiger charge is 1.99. The molecule has 1 aromatic heterocycles. The zero-order valence-corrected chi connectivity index (χ0v) is 6.82. The van der Waals surface area contributed by atoms with E-state index >= 15 is 0 Å². The Kier molecular flexibility index (Phi) is 1.57. The topological polar surface area (TPSA) is 47.8 Å². The molecule has 0 radical (unpaired) electrons. The van der Waals surface area contributed by atoms with E-state index in [4.69, 9.17) is 0 Å². The van der Waals surface area contributed by atoms with Gasteiger partial charge in [-0.15, -0.1) is 5.10 Å². The minimum Gasteiger partial charge on any atom is -0.269 e. The third kappa shape index (κ3) is 0.977. The lowest BCUT2D eigenvalue weighted by Crippen LogP contribution is -2.48. The van der Waals surface area contributed by atoms with Crippen LogP contribution in [-0.4, -0.2) is 22.9 Å². The van der Waals surface area contributed by atoms with Crippen LogP contribution >= 0.6 is 0 Å². The predicted octanol–water partition coefficient (Wildman–Crippen LogP) is -2.61. The third-order valence-corrected chi connectivity index (χ3v) is 1.94. The molecule has 0 saturated heterocycles. The summed E-state index contributed by atoms with van der Waals surface area (Å²) in [4.78, 5) is 11.4. The molecule has 1 aromatic rings. The largest absolute Gasteiger partial charge is 0.269 e. The highest BCUT2D eigenvalue weighted by molar-refractivity contribution is 6.05. The molecule has 0 aliphatic heterocycles. The minimum absolute atomic E-state index is 0.0593. The van der Waals surface area contributed by atoms with Crippen molar-refractivity contribution in [3.8, 4) is 0 Å². The van der Waals surface area contributed by atoms with Crippen LogP contribution in [0.25, 0.3) is 12.2 Å². The Morgan fingerprint density at radius 2 is 2.17 bits per heavy atom. The fraction of sp³-hybridized carbons (Fsp3) is 0.286. The standard InChI is InChI=1S/C7H8BN3O/c8-11-7(12)5-3-1-2-4-6(5)9-10-11/h3-4H,1-2,8H2. The number of hydrogen-bond donors (Lipinski definition) is 0. The van der Waals surface area contributed by atoms with Crippen LogP contribution in [0, 0.1) is 0 Å². The fourth-order valence-electron chi connectivity index (χ4n) is 1.28. The normalized spacial score (nSPS) is 14.3. The van der Waals surface area contributed by atoms with Crippen molar-refractivity contribution < 1.29 is 0 Å². The van der Waals surface area contributed by atoms with Gasteiger partial charge in [-0.05, 0) is 12.8 Å². The monoisotopic (exact) mass is 161 g/mol. The second kappa shape index (κ2) is 2.58. The number of nitrogens with zero attached hydrogens (tertiary/aromatic N) is 3. The summed E-state index contributed by atoms with van der Waals surface area (Å²) in [5.74, 6) is 0. The molecule has 12 heavy (non-hydrogen) atoms. The minimum atomic E-state index is -0.0593. The van der Waals surface area contributed by atoms with Crippen LogP contribution < -0.4 is 16.1 Å². The molecule has 2 rings (SSSR count). The van der Waals surface area contributed by atoms with E-state index < -0.39 is 0 Å². The van der Waals surface area contributed by atoms with Gasteiger partial charge in [0.15, 0.2) is 0 Å².